The second-order valence-electron chi connectivity index (χ2n) is 7.11. The third-order valence-corrected chi connectivity index (χ3v) is 4.59. The van der Waals surface area contributed by atoms with Crippen molar-refractivity contribution in [3.05, 3.63) is 75.9 Å². The van der Waals surface area contributed by atoms with Crippen LogP contribution >= 0.6 is 0 Å². The van der Waals surface area contributed by atoms with E-state index in [0.29, 0.717) is 36.3 Å². The van der Waals surface area contributed by atoms with Crippen molar-refractivity contribution in [2.24, 2.45) is 0 Å². The van der Waals surface area contributed by atoms with Gasteiger partial charge in [-0.15, -0.1) is 0 Å². The normalized spacial score (nSPS) is 12.4. The first-order valence-electron chi connectivity index (χ1n) is 9.65. The molecule has 1 aromatic carbocycles. The summed E-state index contributed by atoms with van der Waals surface area (Å²) in [6, 6.07) is 9.69. The first-order chi connectivity index (χ1) is 14.0. The number of H-pyrrole nitrogens is 1. The lowest BCUT2D eigenvalue weighted by atomic mass is 10.0. The number of nitrogens with one attached hydrogen (secondary N) is 2. The predicted molar refractivity (Wildman–Crippen MR) is 115 cm³/mol. The Kier molecular flexibility index (Phi) is 6.61. The van der Waals surface area contributed by atoms with Crippen molar-refractivity contribution < 1.29 is 4.74 Å². The molecule has 7 heteroatoms. The number of nitrogens with zero attached hydrogens (tertiary/aromatic N) is 3. The van der Waals surface area contributed by atoms with Crippen LogP contribution in [0.2, 0.25) is 0 Å². The van der Waals surface area contributed by atoms with E-state index >= 15 is 0 Å². The van der Waals surface area contributed by atoms with Gasteiger partial charge in [-0.25, -0.2) is 4.98 Å². The van der Waals surface area contributed by atoms with Crippen LogP contribution in [0, 0.1) is 0 Å². The fourth-order valence-electron chi connectivity index (χ4n) is 2.80. The number of fused-ring (bicyclic) bond motifs is 1. The second-order valence-corrected chi connectivity index (χ2v) is 7.11. The summed E-state index contributed by atoms with van der Waals surface area (Å²) in [7, 11) is 1.64. The highest BCUT2D eigenvalue weighted by molar-refractivity contribution is 5.57. The number of rotatable bonds is 8. The molecule has 29 heavy (non-hydrogen) atoms. The molecule has 152 valence electrons. The summed E-state index contributed by atoms with van der Waals surface area (Å²) in [4.78, 5) is 21.4. The molecule has 2 N–H and O–H groups in total. The summed E-state index contributed by atoms with van der Waals surface area (Å²) in [5.41, 5.74) is 2.65. The monoisotopic (exact) mass is 393 g/mol. The molecular weight excluding hydrogens is 366 g/mol. The van der Waals surface area contributed by atoms with Crippen LogP contribution in [0.15, 0.2) is 59.1 Å². The van der Waals surface area contributed by atoms with Gasteiger partial charge in [-0.2, -0.15) is 9.50 Å². The van der Waals surface area contributed by atoms with E-state index in [1.807, 2.05) is 37.3 Å². The molecule has 3 rings (SSSR count). The molecule has 0 aliphatic carbocycles. The van der Waals surface area contributed by atoms with Gasteiger partial charge < -0.3 is 10.1 Å². The first kappa shape index (κ1) is 20.5. The van der Waals surface area contributed by atoms with Gasteiger partial charge in [0, 0.05) is 24.7 Å². The molecule has 2 aromatic heterocycles. The van der Waals surface area contributed by atoms with Crippen LogP contribution < -0.4 is 10.9 Å². The van der Waals surface area contributed by atoms with E-state index in [1.54, 1.807) is 7.11 Å². The van der Waals surface area contributed by atoms with E-state index in [-0.39, 0.29) is 5.56 Å². The molecule has 0 radical (unpaired) electrons. The fourth-order valence-corrected chi connectivity index (χ4v) is 2.80. The zero-order valence-electron chi connectivity index (χ0n) is 17.3. The van der Waals surface area contributed by atoms with E-state index in [9.17, 15) is 4.79 Å². The minimum absolute atomic E-state index is 0.182. The number of ether oxygens (including phenoxy) is 1. The number of allylic oxidation sites excluding steroid dienone is 3. The quantitative estimate of drug-likeness (QED) is 0.348. The van der Waals surface area contributed by atoms with E-state index < -0.39 is 0 Å². The van der Waals surface area contributed by atoms with Crippen molar-refractivity contribution >= 4 is 5.78 Å². The van der Waals surface area contributed by atoms with Crippen LogP contribution in [-0.2, 0) is 11.3 Å². The molecule has 0 aliphatic rings. The first-order valence-corrected chi connectivity index (χ1v) is 9.65. The summed E-state index contributed by atoms with van der Waals surface area (Å²) in [5.74, 6) is 2.30. The van der Waals surface area contributed by atoms with E-state index in [0.717, 1.165) is 11.3 Å². The van der Waals surface area contributed by atoms with Gasteiger partial charge in [0.25, 0.3) is 11.3 Å². The topological polar surface area (TPSA) is 84.3 Å². The summed E-state index contributed by atoms with van der Waals surface area (Å²) >= 11 is 0. The average molecular weight is 393 g/mol. The summed E-state index contributed by atoms with van der Waals surface area (Å²) in [6.07, 6.45) is 5.78. The van der Waals surface area contributed by atoms with Crippen LogP contribution in [0.4, 0.5) is 0 Å². The van der Waals surface area contributed by atoms with Crippen molar-refractivity contribution in [1.29, 1.82) is 0 Å². The predicted octanol–water partition coefficient (Wildman–Crippen LogP) is 3.40. The molecule has 0 amide bonds. The van der Waals surface area contributed by atoms with E-state index in [1.165, 1.54) is 16.1 Å². The van der Waals surface area contributed by atoms with Gasteiger partial charge in [0.1, 0.15) is 0 Å². The van der Waals surface area contributed by atoms with Gasteiger partial charge in [-0.1, -0.05) is 50.3 Å². The number of aromatic amines is 1. The van der Waals surface area contributed by atoms with E-state index in [2.05, 4.69) is 46.4 Å². The lowest BCUT2D eigenvalue weighted by Crippen LogP contribution is -2.20. The number of methoxy groups -OCH3 is 1. The molecule has 0 atom stereocenters. The van der Waals surface area contributed by atoms with Crippen molar-refractivity contribution in [1.82, 2.24) is 24.9 Å². The molecule has 3 aromatic rings. The lowest BCUT2D eigenvalue weighted by molar-refractivity contribution is 0.294. The number of hydrogen-bond donors (Lipinski definition) is 2. The molecule has 0 unspecified atom stereocenters. The maximum Gasteiger partial charge on any atom is 0.274 e. The third kappa shape index (κ3) is 5.20. The Morgan fingerprint density at radius 1 is 1.28 bits per heavy atom. The Bertz CT molecular complexity index is 1070. The molecule has 0 saturated heterocycles. The molecule has 0 spiro atoms. The zero-order valence-corrected chi connectivity index (χ0v) is 17.3. The van der Waals surface area contributed by atoms with Crippen molar-refractivity contribution in [2.45, 2.75) is 33.2 Å². The van der Waals surface area contributed by atoms with Crippen LogP contribution in [0.25, 0.3) is 17.2 Å². The standard InChI is InChI=1S/C22H27N5O2/c1-15(2)17-8-10-18(11-9-17)21-25-22-24-19(13-20(28)27(22)26-21)14-23-12-6-5-7-16(3)29-4/h5-11,13,15,23H,12,14H2,1-4H3,(H,24,25,26)/b6-5-,16-7+. The molecule has 0 bridgehead atoms. The molecule has 0 aliphatic heterocycles. The Morgan fingerprint density at radius 3 is 2.72 bits per heavy atom. The molecule has 0 saturated carbocycles. The SMILES string of the molecule is CO/C(C)=C/C=C\CNCc1cc(=O)n2[nH]c(-c3ccc(C(C)C)cc3)nc2n1. The van der Waals surface area contributed by atoms with Gasteiger partial charge in [-0.05, 0) is 24.5 Å². The highest BCUT2D eigenvalue weighted by Gasteiger charge is 2.10. The van der Waals surface area contributed by atoms with Crippen LogP contribution in [0.1, 0.15) is 37.9 Å². The smallest absolute Gasteiger partial charge is 0.274 e. The van der Waals surface area contributed by atoms with Gasteiger partial charge in [0.05, 0.1) is 18.6 Å². The van der Waals surface area contributed by atoms with Crippen LogP contribution in [-0.4, -0.2) is 33.2 Å². The highest BCUT2D eigenvalue weighted by atomic mass is 16.5. The van der Waals surface area contributed by atoms with Gasteiger partial charge in [-0.3, -0.25) is 9.89 Å². The maximum atomic E-state index is 12.4. The van der Waals surface area contributed by atoms with Crippen molar-refractivity contribution in [3.63, 3.8) is 0 Å². The molecule has 2 heterocycles. The summed E-state index contributed by atoms with van der Waals surface area (Å²) in [6.45, 7) is 7.34. The minimum atomic E-state index is -0.182. The van der Waals surface area contributed by atoms with Crippen LogP contribution in [0.3, 0.4) is 0 Å². The fraction of sp³-hybridized carbons (Fsp3) is 0.318. The number of benzene rings is 1. The average Bonchev–Trinajstić information content (AvgIpc) is 3.15. The highest BCUT2D eigenvalue weighted by Crippen LogP contribution is 2.20. The largest absolute Gasteiger partial charge is 0.501 e. The van der Waals surface area contributed by atoms with Crippen LogP contribution in [0.5, 0.6) is 0 Å². The molecular formula is C22H27N5O2. The van der Waals surface area contributed by atoms with E-state index in [4.69, 9.17) is 4.74 Å². The van der Waals surface area contributed by atoms with Gasteiger partial charge in [0.2, 0.25) is 0 Å². The van der Waals surface area contributed by atoms with Gasteiger partial charge in [0.15, 0.2) is 5.82 Å². The number of aromatic nitrogens is 4. The molecule has 0 fully saturated rings. The summed E-state index contributed by atoms with van der Waals surface area (Å²) in [5, 5.41) is 6.27. The molecule has 7 nitrogen and oxygen atoms in total. The minimum Gasteiger partial charge on any atom is -0.501 e. The lowest BCUT2D eigenvalue weighted by Gasteiger charge is -2.05. The third-order valence-electron chi connectivity index (χ3n) is 4.59. The Balaban J connectivity index is 1.71. The number of hydrogen-bond acceptors (Lipinski definition) is 5. The van der Waals surface area contributed by atoms with Crippen molar-refractivity contribution in [2.75, 3.05) is 13.7 Å². The second kappa shape index (κ2) is 9.34. The Morgan fingerprint density at radius 2 is 2.03 bits per heavy atom. The Labute approximate surface area is 170 Å². The summed E-state index contributed by atoms with van der Waals surface area (Å²) < 4.78 is 6.43. The van der Waals surface area contributed by atoms with Gasteiger partial charge >= 0.3 is 0 Å². The van der Waals surface area contributed by atoms with Crippen molar-refractivity contribution in [3.8, 4) is 11.4 Å². The Hall–Kier alpha value is -3.19. The zero-order chi connectivity index (χ0) is 20.8. The maximum absolute atomic E-state index is 12.4.